The fourth-order valence-corrected chi connectivity index (χ4v) is 6.66. The first-order chi connectivity index (χ1) is 18.4. The lowest BCUT2D eigenvalue weighted by Crippen LogP contribution is -2.71. The van der Waals surface area contributed by atoms with Crippen LogP contribution in [0.2, 0.25) is 0 Å². The number of hydrogen-bond acceptors (Lipinski definition) is 14. The first kappa shape index (κ1) is 24.6. The van der Waals surface area contributed by atoms with Crippen LogP contribution in [0, 0.1) is 0 Å². The van der Waals surface area contributed by atoms with Gasteiger partial charge in [-0.15, -0.1) is 49.7 Å². The number of oxime groups is 1. The number of nitrogen functional groups attached to an aromatic ring is 1. The van der Waals surface area contributed by atoms with Gasteiger partial charge < -0.3 is 21.0 Å². The molecule has 0 radical (unpaired) electrons. The van der Waals surface area contributed by atoms with Crippen molar-refractivity contribution in [3.05, 3.63) is 34.5 Å². The highest BCUT2D eigenvalue weighted by atomic mass is 32.2. The van der Waals surface area contributed by atoms with Crippen LogP contribution in [0.25, 0.3) is 5.65 Å². The van der Waals surface area contributed by atoms with E-state index in [2.05, 4.69) is 36.1 Å². The molecule has 3 aliphatic rings. The number of hydrogen-bond donors (Lipinski definition) is 3. The topological polar surface area (TPSA) is 203 Å². The summed E-state index contributed by atoms with van der Waals surface area (Å²) in [6.07, 6.45) is 1.65. The molecule has 4 N–H and O–H groups in total. The van der Waals surface area contributed by atoms with E-state index in [1.165, 1.54) is 33.1 Å². The lowest BCUT2D eigenvalue weighted by Gasteiger charge is -2.49. The zero-order chi connectivity index (χ0) is 26.4. The maximum atomic E-state index is 13.1. The number of thiazole rings is 1. The predicted molar refractivity (Wildman–Crippen MR) is 136 cm³/mol. The van der Waals surface area contributed by atoms with Crippen LogP contribution in [-0.2, 0) is 19.2 Å². The third kappa shape index (κ3) is 4.65. The Morgan fingerprint density at radius 3 is 2.92 bits per heavy atom. The molecule has 1 saturated heterocycles. The Balaban J connectivity index is 1.17. The Morgan fingerprint density at radius 1 is 1.34 bits per heavy atom. The second-order valence-electron chi connectivity index (χ2n) is 8.42. The highest BCUT2D eigenvalue weighted by molar-refractivity contribution is 8.01. The number of tetrazole rings is 1. The Bertz CT molecular complexity index is 1520. The molecule has 1 aliphatic carbocycles. The second-order valence-corrected chi connectivity index (χ2v) is 11.4. The molecule has 3 aromatic heterocycles. The third-order valence-electron chi connectivity index (χ3n) is 5.77. The van der Waals surface area contributed by atoms with Gasteiger partial charge in [-0.2, -0.15) is 0 Å². The number of carboxylic acid groups (broad SMARTS) is 1. The molecular formula is C20H18N10O5S3. The largest absolute Gasteiger partial charge is 0.477 e. The SMILES string of the molecule is Nc1nc(/C(=N\OC2CC2)C(=O)N[C@@H]2C(=O)N3C(C(=O)O)=C(CSc4ccc5nnnn5n4)CS[C@H]23)cs1. The summed E-state index contributed by atoms with van der Waals surface area (Å²) in [5.41, 5.74) is 6.83. The van der Waals surface area contributed by atoms with E-state index < -0.39 is 29.2 Å². The van der Waals surface area contributed by atoms with Gasteiger partial charge in [0.1, 0.15) is 33.9 Å². The van der Waals surface area contributed by atoms with Crippen molar-refractivity contribution in [3.8, 4) is 0 Å². The number of fused-ring (bicyclic) bond motifs is 2. The molecule has 3 aromatic rings. The number of nitrogens with zero attached hydrogens (tertiary/aromatic N) is 8. The monoisotopic (exact) mass is 574 g/mol. The lowest BCUT2D eigenvalue weighted by atomic mass is 10.0. The smallest absolute Gasteiger partial charge is 0.352 e. The minimum Gasteiger partial charge on any atom is -0.477 e. The number of anilines is 1. The second kappa shape index (κ2) is 9.84. The van der Waals surface area contributed by atoms with Crippen molar-refractivity contribution in [2.75, 3.05) is 17.2 Å². The number of carbonyl (C=O) groups excluding carboxylic acids is 2. The molecule has 2 fully saturated rings. The number of rotatable bonds is 9. The van der Waals surface area contributed by atoms with Crippen molar-refractivity contribution in [3.63, 3.8) is 0 Å². The molecule has 1 saturated carbocycles. The van der Waals surface area contributed by atoms with Gasteiger partial charge in [-0.05, 0) is 41.0 Å². The van der Waals surface area contributed by atoms with Gasteiger partial charge in [0.15, 0.2) is 16.5 Å². The summed E-state index contributed by atoms with van der Waals surface area (Å²) in [6, 6.07) is 2.51. The van der Waals surface area contributed by atoms with Crippen LogP contribution in [0.5, 0.6) is 0 Å². The Morgan fingerprint density at radius 2 is 2.18 bits per heavy atom. The summed E-state index contributed by atoms with van der Waals surface area (Å²) in [4.78, 5) is 49.0. The van der Waals surface area contributed by atoms with Gasteiger partial charge in [0.05, 0.1) is 0 Å². The molecule has 0 spiro atoms. The quantitative estimate of drug-likeness (QED) is 0.133. The highest BCUT2D eigenvalue weighted by Gasteiger charge is 2.54. The van der Waals surface area contributed by atoms with E-state index in [4.69, 9.17) is 10.6 Å². The van der Waals surface area contributed by atoms with Crippen LogP contribution in [0.15, 0.2) is 39.0 Å². The molecule has 196 valence electrons. The summed E-state index contributed by atoms with van der Waals surface area (Å²) in [7, 11) is 0. The summed E-state index contributed by atoms with van der Waals surface area (Å²) < 4.78 is 1.28. The van der Waals surface area contributed by atoms with Gasteiger partial charge in [0, 0.05) is 16.9 Å². The molecule has 38 heavy (non-hydrogen) atoms. The van der Waals surface area contributed by atoms with Gasteiger partial charge in [0.2, 0.25) is 0 Å². The predicted octanol–water partition coefficient (Wildman–Crippen LogP) is -0.0280. The molecule has 6 rings (SSSR count). The van der Waals surface area contributed by atoms with Gasteiger partial charge in [-0.3, -0.25) is 14.5 Å². The van der Waals surface area contributed by atoms with Crippen LogP contribution < -0.4 is 11.1 Å². The standard InChI is InChI=1S/C20H18N10O5S3/c21-20-22-10(7-38-20)13(26-35-9-1-2-9)16(31)23-14-17(32)29-15(19(33)34)8(6-37-18(14)29)5-36-12-4-3-11-24-27-28-30(11)25-12/h3-4,7,9,14,18H,1-2,5-6H2,(H2,21,22)(H,23,31)(H,33,34)/b26-13+/t14-,18-/m1/s1. The van der Waals surface area contributed by atoms with Crippen molar-refractivity contribution in [1.29, 1.82) is 0 Å². The zero-order valence-electron chi connectivity index (χ0n) is 19.3. The third-order valence-corrected chi connectivity index (χ3v) is 8.79. The van der Waals surface area contributed by atoms with Crippen molar-refractivity contribution < 1.29 is 24.3 Å². The van der Waals surface area contributed by atoms with Crippen LogP contribution in [0.1, 0.15) is 18.5 Å². The maximum Gasteiger partial charge on any atom is 0.352 e. The highest BCUT2D eigenvalue weighted by Crippen LogP contribution is 2.41. The normalized spacial score (nSPS) is 21.3. The summed E-state index contributed by atoms with van der Waals surface area (Å²) in [5, 5.41) is 33.8. The molecule has 5 heterocycles. The number of nitrogens with one attached hydrogen (secondary N) is 1. The fourth-order valence-electron chi connectivity index (χ4n) is 3.78. The number of carboxylic acids is 1. The van der Waals surface area contributed by atoms with Crippen LogP contribution in [0.3, 0.4) is 0 Å². The molecule has 2 aliphatic heterocycles. The van der Waals surface area contributed by atoms with E-state index >= 15 is 0 Å². The van der Waals surface area contributed by atoms with Crippen molar-refractivity contribution in [2.45, 2.75) is 35.4 Å². The molecule has 15 nitrogen and oxygen atoms in total. The number of aromatic nitrogens is 6. The average Bonchev–Trinajstić information content (AvgIpc) is 3.44. The van der Waals surface area contributed by atoms with Crippen LogP contribution in [0.4, 0.5) is 5.13 Å². The number of nitrogens with two attached hydrogens (primary N) is 1. The van der Waals surface area contributed by atoms with E-state index in [1.807, 2.05) is 0 Å². The minimum atomic E-state index is -1.22. The zero-order valence-corrected chi connectivity index (χ0v) is 21.7. The van der Waals surface area contributed by atoms with E-state index in [0.717, 1.165) is 24.2 Å². The van der Waals surface area contributed by atoms with Gasteiger partial charge in [-0.25, -0.2) is 9.78 Å². The maximum absolute atomic E-state index is 13.1. The van der Waals surface area contributed by atoms with E-state index in [-0.39, 0.29) is 28.3 Å². The van der Waals surface area contributed by atoms with E-state index in [9.17, 15) is 19.5 Å². The number of amides is 2. The number of aliphatic carboxylic acids is 1. The first-order valence-corrected chi connectivity index (χ1v) is 14.1. The molecule has 2 atom stereocenters. The summed E-state index contributed by atoms with van der Waals surface area (Å²) >= 11 is 3.82. The number of carbonyl (C=O) groups is 3. The minimum absolute atomic E-state index is 0.0481. The molecule has 0 bridgehead atoms. The lowest BCUT2D eigenvalue weighted by molar-refractivity contribution is -0.150. The van der Waals surface area contributed by atoms with E-state index in [0.29, 0.717) is 27.8 Å². The Kier molecular flexibility index (Phi) is 6.36. The number of β-lactam (4-membered cyclic amide) rings is 1. The van der Waals surface area contributed by atoms with Crippen LogP contribution in [-0.4, -0.2) is 92.8 Å². The van der Waals surface area contributed by atoms with Crippen LogP contribution >= 0.6 is 34.9 Å². The molecule has 2 amide bonds. The molecule has 0 aromatic carbocycles. The first-order valence-electron chi connectivity index (χ1n) is 11.2. The average molecular weight is 575 g/mol. The number of thioether (sulfide) groups is 2. The Labute approximate surface area is 225 Å². The summed E-state index contributed by atoms with van der Waals surface area (Å²) in [6.45, 7) is 0. The fraction of sp³-hybridized carbons (Fsp3) is 0.350. The molecular weight excluding hydrogens is 556 g/mol. The van der Waals surface area contributed by atoms with E-state index in [1.54, 1.807) is 17.5 Å². The van der Waals surface area contributed by atoms with Gasteiger partial charge in [-0.1, -0.05) is 5.16 Å². The van der Waals surface area contributed by atoms with Crippen molar-refractivity contribution in [2.24, 2.45) is 5.16 Å². The summed E-state index contributed by atoms with van der Waals surface area (Å²) in [5.74, 6) is -1.74. The molecule has 0 unspecified atom stereocenters. The van der Waals surface area contributed by atoms with Crippen molar-refractivity contribution >= 4 is 69.1 Å². The Hall–Kier alpha value is -3.77. The van der Waals surface area contributed by atoms with Gasteiger partial charge in [0.25, 0.3) is 11.8 Å². The van der Waals surface area contributed by atoms with Gasteiger partial charge >= 0.3 is 5.97 Å². The van der Waals surface area contributed by atoms with Crippen molar-refractivity contribution in [1.82, 2.24) is 40.5 Å². The molecule has 18 heteroatoms.